The fraction of sp³-hybridized carbons (Fsp3) is 0.368. The molecule has 1 aliphatic heterocycles. The van der Waals surface area contributed by atoms with Crippen LogP contribution in [-0.4, -0.2) is 43.5 Å². The molecule has 2 aromatic rings. The molecule has 1 atom stereocenters. The molecule has 0 radical (unpaired) electrons. The number of aromatic nitrogens is 1. The van der Waals surface area contributed by atoms with E-state index in [0.717, 1.165) is 16.9 Å². The molecule has 1 aromatic heterocycles. The molecule has 0 unspecified atom stereocenters. The highest BCUT2D eigenvalue weighted by Crippen LogP contribution is 2.24. The quantitative estimate of drug-likeness (QED) is 0.865. The van der Waals surface area contributed by atoms with Crippen molar-refractivity contribution in [2.24, 2.45) is 0 Å². The van der Waals surface area contributed by atoms with Gasteiger partial charge in [0, 0.05) is 18.8 Å². The average Bonchev–Trinajstić information content (AvgIpc) is 2.88. The van der Waals surface area contributed by atoms with E-state index in [-0.39, 0.29) is 17.4 Å². The molecule has 2 heterocycles. The summed E-state index contributed by atoms with van der Waals surface area (Å²) in [6.07, 6.45) is 4.22. The molecule has 1 amide bonds. The zero-order chi connectivity index (χ0) is 18.8. The monoisotopic (exact) mass is 374 g/mol. The molecule has 0 spiro atoms. The van der Waals surface area contributed by atoms with E-state index in [1.165, 1.54) is 6.20 Å². The third-order valence-electron chi connectivity index (χ3n) is 4.56. The van der Waals surface area contributed by atoms with Crippen molar-refractivity contribution in [1.82, 2.24) is 10.3 Å². The van der Waals surface area contributed by atoms with Crippen LogP contribution in [0.15, 0.2) is 42.7 Å². The molecule has 0 bridgehead atoms. The van der Waals surface area contributed by atoms with Crippen LogP contribution in [0, 0.1) is 0 Å². The zero-order valence-corrected chi connectivity index (χ0v) is 15.7. The Balaban J connectivity index is 1.76. The Hall–Kier alpha value is -2.41. The van der Waals surface area contributed by atoms with E-state index in [1.54, 1.807) is 26.3 Å². The van der Waals surface area contributed by atoms with Crippen LogP contribution < -0.4 is 10.1 Å². The van der Waals surface area contributed by atoms with Gasteiger partial charge in [-0.2, -0.15) is 0 Å². The Kier molecular flexibility index (Phi) is 5.00. The predicted molar refractivity (Wildman–Crippen MR) is 99.2 cm³/mol. The molecule has 0 saturated carbocycles. The number of hydrogen-bond acceptors (Lipinski definition) is 5. The molecule has 26 heavy (non-hydrogen) atoms. The largest absolute Gasteiger partial charge is 0.496 e. The molecule has 7 heteroatoms. The molecule has 1 aliphatic rings. The summed E-state index contributed by atoms with van der Waals surface area (Å²) in [5.74, 6) is 0.556. The smallest absolute Gasteiger partial charge is 0.253 e. The summed E-state index contributed by atoms with van der Waals surface area (Å²) in [7, 11) is -1.46. The minimum absolute atomic E-state index is 0.0277. The number of hydrogen-bond donors (Lipinski definition) is 1. The predicted octanol–water partition coefficient (Wildman–Crippen LogP) is 1.99. The van der Waals surface area contributed by atoms with Gasteiger partial charge in [0.05, 0.1) is 29.7 Å². The normalized spacial score (nSPS) is 21.3. The van der Waals surface area contributed by atoms with Gasteiger partial charge in [0.25, 0.3) is 5.91 Å². The Morgan fingerprint density at radius 3 is 2.77 bits per heavy atom. The summed E-state index contributed by atoms with van der Waals surface area (Å²) in [6.45, 7) is 1.77. The number of para-hydroxylation sites is 1. The van der Waals surface area contributed by atoms with E-state index < -0.39 is 15.4 Å². The summed E-state index contributed by atoms with van der Waals surface area (Å²) in [4.78, 5) is 16.7. The number of pyridine rings is 1. The lowest BCUT2D eigenvalue weighted by atomic mass is 10.0. The molecule has 0 aliphatic carbocycles. The lowest BCUT2D eigenvalue weighted by Gasteiger charge is -2.23. The summed E-state index contributed by atoms with van der Waals surface area (Å²) in [6, 6.07) is 9.47. The van der Waals surface area contributed by atoms with Gasteiger partial charge in [-0.1, -0.05) is 18.2 Å². The fourth-order valence-corrected chi connectivity index (χ4v) is 5.33. The molecular formula is C19H22N2O4S. The lowest BCUT2D eigenvalue weighted by molar-refractivity contribution is 0.0915. The van der Waals surface area contributed by atoms with Crippen LogP contribution in [0.5, 0.6) is 5.75 Å². The van der Waals surface area contributed by atoms with Gasteiger partial charge in [0.15, 0.2) is 9.84 Å². The highest BCUT2D eigenvalue weighted by Gasteiger charge is 2.39. The highest BCUT2D eigenvalue weighted by atomic mass is 32.2. The van der Waals surface area contributed by atoms with E-state index in [4.69, 9.17) is 4.74 Å². The third-order valence-corrected chi connectivity index (χ3v) is 6.47. The van der Waals surface area contributed by atoms with E-state index >= 15 is 0 Å². The standard InChI is InChI=1S/C19H22N2O4S/c1-19(7-8-26(23,24)13-19)21-18(22)16-10-14(11-20-12-16)9-15-5-3-4-6-17(15)25-2/h3-6,10-12H,7-9,13H2,1-2H3,(H,21,22)/t19-/m0/s1. The van der Waals surface area contributed by atoms with Crippen LogP contribution in [0.4, 0.5) is 0 Å². The van der Waals surface area contributed by atoms with E-state index in [9.17, 15) is 13.2 Å². The molecule has 1 aromatic carbocycles. The van der Waals surface area contributed by atoms with Crippen LogP contribution in [0.2, 0.25) is 0 Å². The average molecular weight is 374 g/mol. The first-order chi connectivity index (χ1) is 12.3. The zero-order valence-electron chi connectivity index (χ0n) is 14.9. The first kappa shape index (κ1) is 18.4. The maximum Gasteiger partial charge on any atom is 0.253 e. The van der Waals surface area contributed by atoms with Crippen LogP contribution in [0.25, 0.3) is 0 Å². The Bertz CT molecular complexity index is 927. The van der Waals surface area contributed by atoms with Crippen molar-refractivity contribution < 1.29 is 17.9 Å². The molecule has 1 saturated heterocycles. The van der Waals surface area contributed by atoms with Gasteiger partial charge in [0.1, 0.15) is 5.75 Å². The van der Waals surface area contributed by atoms with Crippen LogP contribution in [0.3, 0.4) is 0 Å². The Morgan fingerprint density at radius 2 is 2.08 bits per heavy atom. The van der Waals surface area contributed by atoms with Crippen molar-refractivity contribution in [3.8, 4) is 5.75 Å². The molecule has 1 fully saturated rings. The Labute approximate surface area is 153 Å². The fourth-order valence-electron chi connectivity index (χ4n) is 3.23. The van der Waals surface area contributed by atoms with Gasteiger partial charge in [-0.3, -0.25) is 9.78 Å². The number of methoxy groups -OCH3 is 1. The maximum atomic E-state index is 12.6. The number of amides is 1. The van der Waals surface area contributed by atoms with Crippen molar-refractivity contribution in [2.45, 2.75) is 25.3 Å². The number of sulfone groups is 1. The van der Waals surface area contributed by atoms with E-state index in [2.05, 4.69) is 10.3 Å². The maximum absolute atomic E-state index is 12.6. The second-order valence-corrected chi connectivity index (χ2v) is 9.11. The first-order valence-electron chi connectivity index (χ1n) is 8.39. The minimum Gasteiger partial charge on any atom is -0.496 e. The number of benzene rings is 1. The van der Waals surface area contributed by atoms with Crippen molar-refractivity contribution >= 4 is 15.7 Å². The van der Waals surface area contributed by atoms with Crippen molar-refractivity contribution in [3.05, 3.63) is 59.4 Å². The van der Waals surface area contributed by atoms with Gasteiger partial charge < -0.3 is 10.1 Å². The summed E-state index contributed by atoms with van der Waals surface area (Å²) < 4.78 is 28.8. The number of carbonyl (C=O) groups excluding carboxylic acids is 1. The summed E-state index contributed by atoms with van der Waals surface area (Å²) >= 11 is 0. The second kappa shape index (κ2) is 7.07. The molecule has 1 N–H and O–H groups in total. The van der Waals surface area contributed by atoms with Crippen molar-refractivity contribution in [1.29, 1.82) is 0 Å². The highest BCUT2D eigenvalue weighted by molar-refractivity contribution is 7.91. The van der Waals surface area contributed by atoms with Crippen molar-refractivity contribution in [2.75, 3.05) is 18.6 Å². The van der Waals surface area contributed by atoms with Gasteiger partial charge in [0.2, 0.25) is 0 Å². The van der Waals surface area contributed by atoms with Crippen LogP contribution in [-0.2, 0) is 16.3 Å². The molecule has 138 valence electrons. The first-order valence-corrected chi connectivity index (χ1v) is 10.2. The lowest BCUT2D eigenvalue weighted by Crippen LogP contribution is -2.46. The third kappa shape index (κ3) is 4.22. The Morgan fingerprint density at radius 1 is 1.31 bits per heavy atom. The molecular weight excluding hydrogens is 352 g/mol. The SMILES string of the molecule is COc1ccccc1Cc1cncc(C(=O)N[C@@]2(C)CCS(=O)(=O)C2)c1. The van der Waals surface area contributed by atoms with Gasteiger partial charge in [-0.25, -0.2) is 8.42 Å². The van der Waals surface area contributed by atoms with E-state index in [0.29, 0.717) is 18.4 Å². The molecule has 3 rings (SSSR count). The number of rotatable bonds is 5. The number of carbonyl (C=O) groups is 1. The number of nitrogens with zero attached hydrogens (tertiary/aromatic N) is 1. The van der Waals surface area contributed by atoms with E-state index in [1.807, 2.05) is 24.3 Å². The van der Waals surface area contributed by atoms with Crippen LogP contribution in [0.1, 0.15) is 34.8 Å². The molecule has 6 nitrogen and oxygen atoms in total. The topological polar surface area (TPSA) is 85.4 Å². The van der Waals surface area contributed by atoms with Gasteiger partial charge in [-0.15, -0.1) is 0 Å². The second-order valence-electron chi connectivity index (χ2n) is 6.93. The number of nitrogens with one attached hydrogen (secondary N) is 1. The summed E-state index contributed by atoms with van der Waals surface area (Å²) in [5, 5.41) is 2.86. The van der Waals surface area contributed by atoms with Crippen LogP contribution >= 0.6 is 0 Å². The minimum atomic E-state index is -3.08. The van der Waals surface area contributed by atoms with Gasteiger partial charge in [-0.05, 0) is 36.6 Å². The van der Waals surface area contributed by atoms with Crippen molar-refractivity contribution in [3.63, 3.8) is 0 Å². The summed E-state index contributed by atoms with van der Waals surface area (Å²) in [5.41, 5.74) is 1.58. The number of ether oxygens (including phenoxy) is 1. The van der Waals surface area contributed by atoms with Gasteiger partial charge >= 0.3 is 0 Å².